The lowest BCUT2D eigenvalue weighted by atomic mass is 9.97. The summed E-state index contributed by atoms with van der Waals surface area (Å²) >= 11 is 0. The lowest BCUT2D eigenvalue weighted by Gasteiger charge is -2.22. The van der Waals surface area contributed by atoms with Crippen molar-refractivity contribution in [3.63, 3.8) is 0 Å². The lowest BCUT2D eigenvalue weighted by Crippen LogP contribution is -2.30. The molecule has 2 heterocycles. The fourth-order valence-electron chi connectivity index (χ4n) is 1.83. The second-order valence-electron chi connectivity index (χ2n) is 3.93. The summed E-state index contributed by atoms with van der Waals surface area (Å²) in [6.07, 6.45) is 3.64. The molecule has 1 aliphatic heterocycles. The van der Waals surface area contributed by atoms with Gasteiger partial charge in [-0.05, 0) is 48.7 Å². The normalized spacial score (nSPS) is 21.5. The van der Waals surface area contributed by atoms with Crippen molar-refractivity contribution < 1.29 is 4.74 Å². The average molecular weight is 211 g/mol. The Morgan fingerprint density at radius 1 is 1.60 bits per heavy atom. The first-order valence-corrected chi connectivity index (χ1v) is 5.42. The van der Waals surface area contributed by atoms with Crippen molar-refractivity contribution in [2.24, 2.45) is 13.0 Å². The van der Waals surface area contributed by atoms with Crippen LogP contribution in [-0.4, -0.2) is 39.9 Å². The van der Waals surface area contributed by atoms with Gasteiger partial charge in [-0.1, -0.05) is 5.10 Å². The quantitative estimate of drug-likeness (QED) is 0.758. The molecule has 0 spiro atoms. The fourth-order valence-corrected chi connectivity index (χ4v) is 1.83. The number of nitrogens with one attached hydrogen (secondary N) is 1. The number of piperidine rings is 1. The summed E-state index contributed by atoms with van der Waals surface area (Å²) in [6, 6.07) is 0.499. The molecular weight excluding hydrogens is 194 g/mol. The van der Waals surface area contributed by atoms with Gasteiger partial charge in [0.25, 0.3) is 0 Å². The SMILES string of the molecule is Cn1nnnc1OCCC1CCCNC1. The molecule has 2 rings (SSSR count). The van der Waals surface area contributed by atoms with Crippen LogP contribution in [0.25, 0.3) is 0 Å². The van der Waals surface area contributed by atoms with Crippen LogP contribution in [-0.2, 0) is 7.05 Å². The van der Waals surface area contributed by atoms with E-state index in [1.807, 2.05) is 0 Å². The molecule has 0 aliphatic carbocycles. The number of aromatic nitrogens is 4. The Morgan fingerprint density at radius 2 is 2.53 bits per heavy atom. The van der Waals surface area contributed by atoms with Gasteiger partial charge in [0.2, 0.25) is 0 Å². The van der Waals surface area contributed by atoms with Crippen molar-refractivity contribution in [1.29, 1.82) is 0 Å². The minimum atomic E-state index is 0.499. The summed E-state index contributed by atoms with van der Waals surface area (Å²) in [7, 11) is 1.78. The molecule has 1 aromatic rings. The van der Waals surface area contributed by atoms with Gasteiger partial charge in [-0.3, -0.25) is 0 Å². The third-order valence-corrected chi connectivity index (χ3v) is 2.74. The summed E-state index contributed by atoms with van der Waals surface area (Å²) in [5.41, 5.74) is 0. The van der Waals surface area contributed by atoms with Crippen molar-refractivity contribution in [2.45, 2.75) is 19.3 Å². The maximum atomic E-state index is 5.48. The van der Waals surface area contributed by atoms with Crippen molar-refractivity contribution in [3.05, 3.63) is 0 Å². The fraction of sp³-hybridized carbons (Fsp3) is 0.889. The van der Waals surface area contributed by atoms with Crippen LogP contribution in [0.5, 0.6) is 6.01 Å². The zero-order chi connectivity index (χ0) is 10.5. The number of hydrogen-bond acceptors (Lipinski definition) is 5. The maximum Gasteiger partial charge on any atom is 0.335 e. The minimum Gasteiger partial charge on any atom is -0.463 e. The Bertz CT molecular complexity index is 294. The predicted octanol–water partition coefficient (Wildman–Crippen LogP) is -0.0214. The minimum absolute atomic E-state index is 0.499. The summed E-state index contributed by atoms with van der Waals surface area (Å²) in [5, 5.41) is 14.4. The molecule has 0 amide bonds. The molecule has 0 saturated carbocycles. The molecule has 1 fully saturated rings. The molecule has 15 heavy (non-hydrogen) atoms. The van der Waals surface area contributed by atoms with Gasteiger partial charge in [0.15, 0.2) is 0 Å². The highest BCUT2D eigenvalue weighted by atomic mass is 16.5. The van der Waals surface area contributed by atoms with E-state index in [1.165, 1.54) is 12.8 Å². The van der Waals surface area contributed by atoms with Gasteiger partial charge in [-0.25, -0.2) is 0 Å². The highest BCUT2D eigenvalue weighted by molar-refractivity contribution is 4.85. The second-order valence-corrected chi connectivity index (χ2v) is 3.93. The number of hydrogen-bond donors (Lipinski definition) is 1. The maximum absolute atomic E-state index is 5.48. The van der Waals surface area contributed by atoms with Crippen LogP contribution in [0, 0.1) is 5.92 Å². The Balaban J connectivity index is 1.68. The molecular formula is C9H17N5O. The van der Waals surface area contributed by atoms with E-state index >= 15 is 0 Å². The molecule has 1 N–H and O–H groups in total. The topological polar surface area (TPSA) is 64.9 Å². The first-order chi connectivity index (χ1) is 7.36. The molecule has 1 atom stereocenters. The van der Waals surface area contributed by atoms with Gasteiger partial charge < -0.3 is 10.1 Å². The van der Waals surface area contributed by atoms with Crippen LogP contribution < -0.4 is 10.1 Å². The molecule has 6 nitrogen and oxygen atoms in total. The van der Waals surface area contributed by atoms with Gasteiger partial charge in [0.05, 0.1) is 6.61 Å². The molecule has 1 unspecified atom stereocenters. The summed E-state index contributed by atoms with van der Waals surface area (Å²) in [4.78, 5) is 0. The Hall–Kier alpha value is -1.17. The Morgan fingerprint density at radius 3 is 3.20 bits per heavy atom. The van der Waals surface area contributed by atoms with E-state index in [9.17, 15) is 0 Å². The number of nitrogens with zero attached hydrogens (tertiary/aromatic N) is 4. The number of aryl methyl sites for hydroxylation is 1. The largest absolute Gasteiger partial charge is 0.463 e. The smallest absolute Gasteiger partial charge is 0.335 e. The monoisotopic (exact) mass is 211 g/mol. The molecule has 1 saturated heterocycles. The third-order valence-electron chi connectivity index (χ3n) is 2.74. The van der Waals surface area contributed by atoms with Crippen molar-refractivity contribution in [1.82, 2.24) is 25.5 Å². The Labute approximate surface area is 89.0 Å². The predicted molar refractivity (Wildman–Crippen MR) is 54.5 cm³/mol. The van der Waals surface area contributed by atoms with Gasteiger partial charge in [0, 0.05) is 7.05 Å². The Kier molecular flexibility index (Phi) is 3.49. The summed E-state index contributed by atoms with van der Waals surface area (Å²) < 4.78 is 7.02. The van der Waals surface area contributed by atoms with Crippen LogP contribution in [0.1, 0.15) is 19.3 Å². The van der Waals surface area contributed by atoms with Crippen LogP contribution in [0.4, 0.5) is 0 Å². The van der Waals surface area contributed by atoms with E-state index < -0.39 is 0 Å². The average Bonchev–Trinajstić information content (AvgIpc) is 2.66. The van der Waals surface area contributed by atoms with E-state index in [0.29, 0.717) is 12.6 Å². The highest BCUT2D eigenvalue weighted by Gasteiger charge is 2.13. The summed E-state index contributed by atoms with van der Waals surface area (Å²) in [5.74, 6) is 0.736. The van der Waals surface area contributed by atoms with Gasteiger partial charge in [-0.15, -0.1) is 0 Å². The number of rotatable bonds is 4. The molecule has 84 valence electrons. The van der Waals surface area contributed by atoms with Gasteiger partial charge in [-0.2, -0.15) is 4.68 Å². The van der Waals surface area contributed by atoms with Crippen molar-refractivity contribution >= 4 is 0 Å². The van der Waals surface area contributed by atoms with Crippen LogP contribution in [0.3, 0.4) is 0 Å². The van der Waals surface area contributed by atoms with E-state index in [4.69, 9.17) is 4.74 Å². The number of ether oxygens (including phenoxy) is 1. The van der Waals surface area contributed by atoms with Gasteiger partial charge in [0.1, 0.15) is 0 Å². The van der Waals surface area contributed by atoms with Crippen LogP contribution in [0.15, 0.2) is 0 Å². The summed E-state index contributed by atoms with van der Waals surface area (Å²) in [6.45, 7) is 2.96. The van der Waals surface area contributed by atoms with Crippen molar-refractivity contribution in [2.75, 3.05) is 19.7 Å². The van der Waals surface area contributed by atoms with Crippen molar-refractivity contribution in [3.8, 4) is 6.01 Å². The van der Waals surface area contributed by atoms with E-state index in [0.717, 1.165) is 25.4 Å². The zero-order valence-corrected chi connectivity index (χ0v) is 9.02. The third kappa shape index (κ3) is 2.89. The zero-order valence-electron chi connectivity index (χ0n) is 9.02. The van der Waals surface area contributed by atoms with Gasteiger partial charge >= 0.3 is 6.01 Å². The van der Waals surface area contributed by atoms with E-state index in [2.05, 4.69) is 20.8 Å². The lowest BCUT2D eigenvalue weighted by molar-refractivity contribution is 0.232. The first-order valence-electron chi connectivity index (χ1n) is 5.42. The van der Waals surface area contributed by atoms with Crippen LogP contribution in [0.2, 0.25) is 0 Å². The molecule has 0 bridgehead atoms. The number of tetrazole rings is 1. The second kappa shape index (κ2) is 5.06. The van der Waals surface area contributed by atoms with E-state index in [1.54, 1.807) is 11.7 Å². The standard InChI is InChI=1S/C9H17N5O/c1-14-9(11-12-13-14)15-6-4-8-3-2-5-10-7-8/h8,10H,2-7H2,1H3. The molecule has 1 aliphatic rings. The molecule has 0 radical (unpaired) electrons. The van der Waals surface area contributed by atoms with E-state index in [-0.39, 0.29) is 0 Å². The van der Waals surface area contributed by atoms with Crippen LogP contribution >= 0.6 is 0 Å². The molecule has 6 heteroatoms. The first kappa shape index (κ1) is 10.4. The molecule has 1 aromatic heterocycles. The molecule has 0 aromatic carbocycles. The highest BCUT2D eigenvalue weighted by Crippen LogP contribution is 2.14.